The molecule has 2 aromatic carbocycles. The smallest absolute Gasteiger partial charge is 0.166 e. The van der Waals surface area contributed by atoms with Crippen LogP contribution in [0.4, 0.5) is 26.3 Å². The fourth-order valence-corrected chi connectivity index (χ4v) is 2.16. The Bertz CT molecular complexity index is 625. The first-order chi connectivity index (χ1) is 10.2. The Hall–Kier alpha value is -1.98. The van der Waals surface area contributed by atoms with Crippen LogP contribution in [0.2, 0.25) is 0 Å². The Kier molecular flexibility index (Phi) is 4.49. The lowest BCUT2D eigenvalue weighted by molar-refractivity contribution is -0.162. The van der Waals surface area contributed by atoms with Crippen LogP contribution in [0, 0.1) is 0 Å². The van der Waals surface area contributed by atoms with Crippen molar-refractivity contribution < 1.29 is 26.3 Å². The largest absolute Gasteiger partial charge is 0.417 e. The number of benzene rings is 2. The second-order valence-electron chi connectivity index (χ2n) is 4.86. The summed E-state index contributed by atoms with van der Waals surface area (Å²) >= 11 is 0. The normalized spacial score (nSPS) is 12.5. The lowest BCUT2D eigenvalue weighted by atomic mass is 9.98. The first-order valence-corrected chi connectivity index (χ1v) is 6.49. The van der Waals surface area contributed by atoms with Crippen molar-refractivity contribution in [3.63, 3.8) is 0 Å². The molecule has 0 saturated heterocycles. The predicted octanol–water partition coefficient (Wildman–Crippen LogP) is 5.51. The highest BCUT2D eigenvalue weighted by Crippen LogP contribution is 2.40. The van der Waals surface area contributed by atoms with Crippen molar-refractivity contribution in [2.45, 2.75) is 25.2 Å². The van der Waals surface area contributed by atoms with Crippen LogP contribution in [0.15, 0.2) is 48.5 Å². The zero-order chi connectivity index (χ0) is 16.4. The lowest BCUT2D eigenvalue weighted by Crippen LogP contribution is -2.17. The molecule has 0 aliphatic rings. The van der Waals surface area contributed by atoms with E-state index in [0.29, 0.717) is 18.6 Å². The molecule has 118 valence electrons. The molecule has 0 fully saturated rings. The summed E-state index contributed by atoms with van der Waals surface area (Å²) in [7, 11) is 0. The lowest BCUT2D eigenvalue weighted by Gasteiger charge is -2.16. The highest BCUT2D eigenvalue weighted by Gasteiger charge is 2.42. The van der Waals surface area contributed by atoms with Crippen LogP contribution in [-0.4, -0.2) is 0 Å². The van der Waals surface area contributed by atoms with E-state index in [1.807, 2.05) is 18.2 Å². The Morgan fingerprint density at radius 2 is 1.14 bits per heavy atom. The van der Waals surface area contributed by atoms with Gasteiger partial charge in [-0.15, -0.1) is 0 Å². The molecule has 0 radical (unpaired) electrons. The summed E-state index contributed by atoms with van der Waals surface area (Å²) in [5, 5.41) is 0. The van der Waals surface area contributed by atoms with Crippen molar-refractivity contribution in [2.75, 3.05) is 0 Å². The molecule has 0 nitrogen and oxygen atoms in total. The zero-order valence-corrected chi connectivity index (χ0v) is 11.3. The summed E-state index contributed by atoms with van der Waals surface area (Å²) < 4.78 is 76.4. The van der Waals surface area contributed by atoms with Crippen molar-refractivity contribution in [1.29, 1.82) is 0 Å². The minimum Gasteiger partial charge on any atom is -0.166 e. The Morgan fingerprint density at radius 1 is 0.591 bits per heavy atom. The molecule has 2 aromatic rings. The second kappa shape index (κ2) is 6.02. The Labute approximate surface area is 123 Å². The molecule has 0 saturated carbocycles. The van der Waals surface area contributed by atoms with Gasteiger partial charge in [-0.25, -0.2) is 0 Å². The van der Waals surface area contributed by atoms with Gasteiger partial charge in [0.25, 0.3) is 0 Å². The van der Waals surface area contributed by atoms with E-state index in [1.165, 1.54) is 0 Å². The molecule has 0 heterocycles. The van der Waals surface area contributed by atoms with Crippen molar-refractivity contribution in [1.82, 2.24) is 0 Å². The highest BCUT2D eigenvalue weighted by atomic mass is 19.4. The fourth-order valence-electron chi connectivity index (χ4n) is 2.16. The summed E-state index contributed by atoms with van der Waals surface area (Å²) in [5.41, 5.74) is -2.14. The molecule has 0 aliphatic carbocycles. The summed E-state index contributed by atoms with van der Waals surface area (Å²) in [6.45, 7) is 0. The van der Waals surface area contributed by atoms with E-state index in [0.717, 1.165) is 11.6 Å². The molecule has 0 amide bonds. The quantitative estimate of drug-likeness (QED) is 0.655. The number of hydrogen-bond acceptors (Lipinski definition) is 0. The van der Waals surface area contributed by atoms with E-state index in [-0.39, 0.29) is 12.0 Å². The number of alkyl halides is 6. The summed E-state index contributed by atoms with van der Waals surface area (Å²) in [5.74, 6) is 0. The number of hydrogen-bond donors (Lipinski definition) is 0. The maximum atomic E-state index is 12.8. The van der Waals surface area contributed by atoms with Gasteiger partial charge in [-0.05, 0) is 36.1 Å². The van der Waals surface area contributed by atoms with Crippen LogP contribution in [0.5, 0.6) is 0 Å². The number of halogens is 6. The van der Waals surface area contributed by atoms with E-state index in [2.05, 4.69) is 0 Å². The van der Waals surface area contributed by atoms with Gasteiger partial charge in [0.15, 0.2) is 0 Å². The first kappa shape index (κ1) is 16.4. The van der Waals surface area contributed by atoms with Gasteiger partial charge >= 0.3 is 12.4 Å². The van der Waals surface area contributed by atoms with Gasteiger partial charge in [0.2, 0.25) is 0 Å². The van der Waals surface area contributed by atoms with Crippen LogP contribution < -0.4 is 0 Å². The summed E-state index contributed by atoms with van der Waals surface area (Å²) in [6.07, 6.45) is -9.36. The average molecular weight is 318 g/mol. The first-order valence-electron chi connectivity index (χ1n) is 6.49. The van der Waals surface area contributed by atoms with Crippen LogP contribution in [0.3, 0.4) is 0 Å². The van der Waals surface area contributed by atoms with Crippen LogP contribution in [0.1, 0.15) is 22.3 Å². The predicted molar refractivity (Wildman–Crippen MR) is 70.3 cm³/mol. The van der Waals surface area contributed by atoms with Gasteiger partial charge in [-0.3, -0.25) is 0 Å². The summed E-state index contributed by atoms with van der Waals surface area (Å²) in [6, 6.07) is 11.2. The average Bonchev–Trinajstić information content (AvgIpc) is 2.44. The van der Waals surface area contributed by atoms with E-state index < -0.39 is 23.5 Å². The van der Waals surface area contributed by atoms with Crippen molar-refractivity contribution in [3.8, 4) is 0 Å². The fraction of sp³-hybridized carbons (Fsp3) is 0.250. The standard InChI is InChI=1S/C16H12F6/c17-15(18,19)13-9-8-12(10-14(13)16(20,21)22)7-6-11-4-2-1-3-5-11/h1-5,8-10H,6-7H2. The minimum atomic E-state index is -5.03. The van der Waals surface area contributed by atoms with E-state index in [4.69, 9.17) is 0 Å². The monoisotopic (exact) mass is 318 g/mol. The molecule has 0 N–H and O–H groups in total. The van der Waals surface area contributed by atoms with Crippen LogP contribution in [-0.2, 0) is 25.2 Å². The minimum absolute atomic E-state index is 0.226. The third-order valence-corrected chi connectivity index (χ3v) is 3.24. The molecule has 0 aliphatic heterocycles. The Balaban J connectivity index is 2.27. The van der Waals surface area contributed by atoms with Gasteiger partial charge in [-0.1, -0.05) is 36.4 Å². The van der Waals surface area contributed by atoms with Gasteiger partial charge in [0.05, 0.1) is 11.1 Å². The topological polar surface area (TPSA) is 0 Å². The molecule has 6 heteroatoms. The van der Waals surface area contributed by atoms with Gasteiger partial charge in [0.1, 0.15) is 0 Å². The maximum Gasteiger partial charge on any atom is 0.417 e. The molecule has 22 heavy (non-hydrogen) atoms. The van der Waals surface area contributed by atoms with Gasteiger partial charge < -0.3 is 0 Å². The summed E-state index contributed by atoms with van der Waals surface area (Å²) in [4.78, 5) is 0. The molecule has 2 rings (SSSR count). The molecular formula is C16H12F6. The van der Waals surface area contributed by atoms with Crippen molar-refractivity contribution >= 4 is 0 Å². The van der Waals surface area contributed by atoms with E-state index in [9.17, 15) is 26.3 Å². The maximum absolute atomic E-state index is 12.8. The molecule has 0 bridgehead atoms. The Morgan fingerprint density at radius 3 is 1.68 bits per heavy atom. The zero-order valence-electron chi connectivity index (χ0n) is 11.3. The van der Waals surface area contributed by atoms with Crippen LogP contribution in [0.25, 0.3) is 0 Å². The highest BCUT2D eigenvalue weighted by molar-refractivity contribution is 5.36. The van der Waals surface area contributed by atoms with Crippen molar-refractivity contribution in [3.05, 3.63) is 70.8 Å². The van der Waals surface area contributed by atoms with Crippen molar-refractivity contribution in [2.24, 2.45) is 0 Å². The number of rotatable bonds is 3. The third-order valence-electron chi connectivity index (χ3n) is 3.24. The molecule has 0 atom stereocenters. The van der Waals surface area contributed by atoms with E-state index >= 15 is 0 Å². The second-order valence-corrected chi connectivity index (χ2v) is 4.86. The van der Waals surface area contributed by atoms with E-state index in [1.54, 1.807) is 12.1 Å². The SMILES string of the molecule is FC(F)(F)c1ccc(CCc2ccccc2)cc1C(F)(F)F. The van der Waals surface area contributed by atoms with Crippen LogP contribution >= 0.6 is 0 Å². The molecule has 0 spiro atoms. The molecule has 0 unspecified atom stereocenters. The third kappa shape index (κ3) is 4.02. The molecular weight excluding hydrogens is 306 g/mol. The van der Waals surface area contributed by atoms with Gasteiger partial charge in [-0.2, -0.15) is 26.3 Å². The number of aryl methyl sites for hydroxylation is 2. The molecule has 0 aromatic heterocycles. The van der Waals surface area contributed by atoms with Gasteiger partial charge in [0, 0.05) is 0 Å².